The minimum absolute atomic E-state index is 0.0992. The molecule has 2 atom stereocenters. The highest BCUT2D eigenvalue weighted by atomic mass is 32.2. The summed E-state index contributed by atoms with van der Waals surface area (Å²) in [6.07, 6.45) is 3.26. The zero-order valence-corrected chi connectivity index (χ0v) is 12.7. The lowest BCUT2D eigenvalue weighted by atomic mass is 9.94. The molecular formula is C14H19NO3S. The summed E-state index contributed by atoms with van der Waals surface area (Å²) in [5.74, 6) is 1.98. The number of rotatable bonds is 3. The number of hydrogen-bond donors (Lipinski definition) is 0. The van der Waals surface area contributed by atoms with Gasteiger partial charge in [-0.15, -0.1) is 0 Å². The van der Waals surface area contributed by atoms with Crippen LogP contribution >= 0.6 is 0 Å². The third-order valence-corrected chi connectivity index (χ3v) is 4.66. The highest BCUT2D eigenvalue weighted by molar-refractivity contribution is 7.85. The second kappa shape index (κ2) is 4.96. The minimum Gasteiger partial charge on any atom is -0.468 e. The first-order valence-corrected chi connectivity index (χ1v) is 7.43. The first-order valence-electron chi connectivity index (χ1n) is 6.21. The Morgan fingerprint density at radius 3 is 2.53 bits per heavy atom. The van der Waals surface area contributed by atoms with Crippen molar-refractivity contribution in [3.05, 3.63) is 35.9 Å². The lowest BCUT2D eigenvalue weighted by Crippen LogP contribution is -2.09. The lowest BCUT2D eigenvalue weighted by molar-refractivity contribution is 0.382. The molecule has 2 aromatic heterocycles. The van der Waals surface area contributed by atoms with Gasteiger partial charge in [0.05, 0.1) is 28.2 Å². The number of nitrogens with zero attached hydrogens (tertiary/aromatic N) is 1. The van der Waals surface area contributed by atoms with Crippen molar-refractivity contribution >= 4 is 10.8 Å². The Balaban J connectivity index is 2.25. The Morgan fingerprint density at radius 2 is 2.05 bits per heavy atom. The van der Waals surface area contributed by atoms with E-state index in [1.165, 1.54) is 0 Å². The van der Waals surface area contributed by atoms with Crippen molar-refractivity contribution in [2.24, 2.45) is 0 Å². The molecule has 0 aromatic carbocycles. The number of aromatic nitrogens is 1. The fourth-order valence-corrected chi connectivity index (χ4v) is 2.88. The molecule has 0 saturated carbocycles. The van der Waals surface area contributed by atoms with Gasteiger partial charge < -0.3 is 8.83 Å². The van der Waals surface area contributed by atoms with E-state index in [1.807, 2.05) is 6.92 Å². The van der Waals surface area contributed by atoms with Crippen molar-refractivity contribution in [2.45, 2.75) is 50.2 Å². The molecule has 2 aromatic rings. The van der Waals surface area contributed by atoms with E-state index >= 15 is 0 Å². The Kier molecular flexibility index (Phi) is 3.67. The first-order chi connectivity index (χ1) is 8.80. The maximum absolute atomic E-state index is 12.4. The molecule has 2 heterocycles. The molecule has 0 aliphatic heterocycles. The molecule has 5 heteroatoms. The van der Waals surface area contributed by atoms with Crippen molar-refractivity contribution in [3.63, 3.8) is 0 Å². The molecule has 0 unspecified atom stereocenters. The summed E-state index contributed by atoms with van der Waals surface area (Å²) >= 11 is 0. The summed E-state index contributed by atoms with van der Waals surface area (Å²) in [4.78, 5) is 4.95. The summed E-state index contributed by atoms with van der Waals surface area (Å²) in [5, 5.41) is -0.299. The molecule has 0 radical (unpaired) electrons. The molecule has 0 N–H and O–H groups in total. The molecule has 0 spiro atoms. The van der Waals surface area contributed by atoms with E-state index in [1.54, 1.807) is 25.5 Å². The van der Waals surface area contributed by atoms with E-state index in [-0.39, 0.29) is 10.7 Å². The zero-order valence-electron chi connectivity index (χ0n) is 11.9. The largest absolute Gasteiger partial charge is 0.468 e. The molecule has 0 bridgehead atoms. The number of aryl methyl sites for hydroxylation is 1. The molecule has 0 saturated heterocycles. The van der Waals surface area contributed by atoms with Gasteiger partial charge in [-0.2, -0.15) is 0 Å². The average molecular weight is 281 g/mol. The van der Waals surface area contributed by atoms with Crippen molar-refractivity contribution in [2.75, 3.05) is 0 Å². The van der Waals surface area contributed by atoms with Gasteiger partial charge in [0.2, 0.25) is 5.89 Å². The Labute approximate surface area is 115 Å². The minimum atomic E-state index is -1.22. The summed E-state index contributed by atoms with van der Waals surface area (Å²) in [6, 6.07) is 1.73. The fourth-order valence-electron chi connectivity index (χ4n) is 1.69. The first kappa shape index (κ1) is 14.1. The monoisotopic (exact) mass is 281 g/mol. The lowest BCUT2D eigenvalue weighted by Gasteiger charge is -2.13. The van der Waals surface area contributed by atoms with E-state index in [0.29, 0.717) is 16.5 Å². The molecule has 4 nitrogen and oxygen atoms in total. The number of hydrogen-bond acceptors (Lipinski definition) is 4. The van der Waals surface area contributed by atoms with Crippen LogP contribution < -0.4 is 0 Å². The molecule has 0 amide bonds. The van der Waals surface area contributed by atoms with E-state index in [2.05, 4.69) is 25.8 Å². The second-order valence-electron chi connectivity index (χ2n) is 5.59. The maximum atomic E-state index is 12.4. The van der Waals surface area contributed by atoms with Gasteiger partial charge in [0, 0.05) is 5.41 Å². The molecular weight excluding hydrogens is 262 g/mol. The molecule has 0 aliphatic carbocycles. The summed E-state index contributed by atoms with van der Waals surface area (Å²) in [6.45, 7) is 9.81. The molecule has 104 valence electrons. The van der Waals surface area contributed by atoms with Crippen LogP contribution in [0, 0.1) is 6.92 Å². The SMILES string of the molecule is Cc1occc1[S@@](=O)[C@H](C)c1ncc(C(C)(C)C)o1. The van der Waals surface area contributed by atoms with Crippen LogP contribution in [0.25, 0.3) is 0 Å². The van der Waals surface area contributed by atoms with Gasteiger partial charge in [-0.25, -0.2) is 4.98 Å². The van der Waals surface area contributed by atoms with Crippen LogP contribution in [0.5, 0.6) is 0 Å². The number of furan rings is 1. The van der Waals surface area contributed by atoms with Gasteiger partial charge in [-0.05, 0) is 19.9 Å². The molecule has 0 aliphatic rings. The normalized spacial score (nSPS) is 15.4. The smallest absolute Gasteiger partial charge is 0.210 e. The summed E-state index contributed by atoms with van der Waals surface area (Å²) in [5.41, 5.74) is -0.0992. The van der Waals surface area contributed by atoms with Crippen LogP contribution in [0.2, 0.25) is 0 Å². The highest BCUT2D eigenvalue weighted by Crippen LogP contribution is 2.30. The third kappa shape index (κ3) is 2.81. The zero-order chi connectivity index (χ0) is 14.2. The molecule has 2 rings (SSSR count). The van der Waals surface area contributed by atoms with Crippen molar-refractivity contribution < 1.29 is 13.0 Å². The van der Waals surface area contributed by atoms with E-state index in [4.69, 9.17) is 8.83 Å². The Bertz CT molecular complexity index is 592. The molecule has 19 heavy (non-hydrogen) atoms. The maximum Gasteiger partial charge on any atom is 0.210 e. The standard InChI is InChI=1S/C14H19NO3S/c1-9-11(6-7-17-9)19(16)10(2)13-15-8-12(18-13)14(3,4)5/h6-8,10H,1-5H3/t10-,19+/m1/s1. The van der Waals surface area contributed by atoms with Crippen LogP contribution in [-0.4, -0.2) is 9.19 Å². The quantitative estimate of drug-likeness (QED) is 0.860. The van der Waals surface area contributed by atoms with Crippen molar-refractivity contribution in [1.29, 1.82) is 0 Å². The Hall–Kier alpha value is -1.36. The predicted octanol–water partition coefficient (Wildman–Crippen LogP) is 3.74. The van der Waals surface area contributed by atoms with E-state index in [0.717, 1.165) is 5.76 Å². The van der Waals surface area contributed by atoms with Crippen LogP contribution in [0.3, 0.4) is 0 Å². The number of oxazole rings is 1. The summed E-state index contributed by atoms with van der Waals surface area (Å²) in [7, 11) is -1.22. The predicted molar refractivity (Wildman–Crippen MR) is 73.5 cm³/mol. The summed E-state index contributed by atoms with van der Waals surface area (Å²) < 4.78 is 23.4. The highest BCUT2D eigenvalue weighted by Gasteiger charge is 2.26. The van der Waals surface area contributed by atoms with Crippen LogP contribution in [-0.2, 0) is 16.2 Å². The van der Waals surface area contributed by atoms with Gasteiger partial charge in [0.25, 0.3) is 0 Å². The third-order valence-electron chi connectivity index (χ3n) is 2.96. The van der Waals surface area contributed by atoms with Crippen LogP contribution in [0.1, 0.15) is 50.4 Å². The van der Waals surface area contributed by atoms with Gasteiger partial charge in [-0.3, -0.25) is 4.21 Å². The Morgan fingerprint density at radius 1 is 1.37 bits per heavy atom. The van der Waals surface area contributed by atoms with Crippen LogP contribution in [0.4, 0.5) is 0 Å². The van der Waals surface area contributed by atoms with Gasteiger partial charge in [0.1, 0.15) is 16.8 Å². The molecule has 0 fully saturated rings. The van der Waals surface area contributed by atoms with E-state index in [9.17, 15) is 4.21 Å². The fraction of sp³-hybridized carbons (Fsp3) is 0.500. The van der Waals surface area contributed by atoms with Crippen molar-refractivity contribution in [3.8, 4) is 0 Å². The van der Waals surface area contributed by atoms with Crippen LogP contribution in [0.15, 0.2) is 32.3 Å². The average Bonchev–Trinajstić information content (AvgIpc) is 2.94. The topological polar surface area (TPSA) is 56.2 Å². The van der Waals surface area contributed by atoms with Gasteiger partial charge >= 0.3 is 0 Å². The van der Waals surface area contributed by atoms with Crippen molar-refractivity contribution in [1.82, 2.24) is 4.98 Å². The second-order valence-corrected chi connectivity index (χ2v) is 7.34. The van der Waals surface area contributed by atoms with E-state index < -0.39 is 10.8 Å². The van der Waals surface area contributed by atoms with Gasteiger partial charge in [0.15, 0.2) is 0 Å². The van der Waals surface area contributed by atoms with Gasteiger partial charge in [-0.1, -0.05) is 20.8 Å².